The number of hydrogen-bond acceptors (Lipinski definition) is 7. The van der Waals surface area contributed by atoms with Gasteiger partial charge in [0.25, 0.3) is 5.91 Å². The van der Waals surface area contributed by atoms with E-state index >= 15 is 0 Å². The number of ether oxygens (including phenoxy) is 1. The molecule has 1 fully saturated rings. The van der Waals surface area contributed by atoms with Crippen molar-refractivity contribution in [1.82, 2.24) is 19.8 Å². The van der Waals surface area contributed by atoms with Crippen molar-refractivity contribution in [2.75, 3.05) is 38.2 Å². The van der Waals surface area contributed by atoms with Crippen LogP contribution in [-0.4, -0.2) is 81.7 Å². The van der Waals surface area contributed by atoms with Crippen molar-refractivity contribution < 1.29 is 19.4 Å². The fraction of sp³-hybridized carbons (Fsp3) is 0.400. The molecule has 4 heterocycles. The summed E-state index contributed by atoms with van der Waals surface area (Å²) >= 11 is 6.48. The third-order valence-electron chi connectivity index (χ3n) is 8.05. The number of benzene rings is 2. The number of carbonyl (C=O) groups excluding carboxylic acids is 2. The lowest BCUT2D eigenvalue weighted by molar-refractivity contribution is -0.135. The van der Waals surface area contributed by atoms with Gasteiger partial charge >= 0.3 is 0 Å². The maximum atomic E-state index is 13.4. The minimum atomic E-state index is -0.313. The highest BCUT2D eigenvalue weighted by Gasteiger charge is 2.33. The molecule has 6 rings (SSSR count). The highest BCUT2D eigenvalue weighted by Crippen LogP contribution is 2.32. The molecule has 3 aliphatic rings. The van der Waals surface area contributed by atoms with E-state index in [0.29, 0.717) is 60.5 Å². The van der Waals surface area contributed by atoms with Crippen LogP contribution in [0.25, 0.3) is 11.3 Å². The van der Waals surface area contributed by atoms with E-state index in [-0.39, 0.29) is 37.0 Å². The first-order chi connectivity index (χ1) is 19.5. The first kappa shape index (κ1) is 26.7. The van der Waals surface area contributed by atoms with Gasteiger partial charge in [0, 0.05) is 43.5 Å². The number of aromatic nitrogens is 2. The number of hydrogen-bond donors (Lipinski definition) is 2. The lowest BCUT2D eigenvalue weighted by Gasteiger charge is -2.30. The Bertz CT molecular complexity index is 1430. The summed E-state index contributed by atoms with van der Waals surface area (Å²) in [6, 6.07) is 13.6. The molecule has 0 spiro atoms. The van der Waals surface area contributed by atoms with Crippen LogP contribution in [0.1, 0.15) is 39.9 Å². The Morgan fingerprint density at radius 1 is 1.12 bits per heavy atom. The van der Waals surface area contributed by atoms with Crippen LogP contribution in [0.3, 0.4) is 0 Å². The normalized spacial score (nSPS) is 19.2. The van der Waals surface area contributed by atoms with Gasteiger partial charge in [-0.05, 0) is 48.4 Å². The molecule has 0 aliphatic carbocycles. The largest absolute Gasteiger partial charge is 0.394 e. The molecular weight excluding hydrogens is 530 g/mol. The van der Waals surface area contributed by atoms with E-state index < -0.39 is 0 Å². The van der Waals surface area contributed by atoms with Gasteiger partial charge in [-0.15, -0.1) is 0 Å². The zero-order chi connectivity index (χ0) is 27.6. The molecule has 3 aliphatic heterocycles. The molecule has 1 atom stereocenters. The average Bonchev–Trinajstić information content (AvgIpc) is 3.15. The predicted octanol–water partition coefficient (Wildman–Crippen LogP) is 3.33. The second kappa shape index (κ2) is 11.5. The van der Waals surface area contributed by atoms with E-state index in [2.05, 4.69) is 27.4 Å². The van der Waals surface area contributed by atoms with E-state index in [9.17, 15) is 14.7 Å². The molecule has 1 unspecified atom stereocenters. The monoisotopic (exact) mass is 561 g/mol. The van der Waals surface area contributed by atoms with Crippen molar-refractivity contribution in [3.63, 3.8) is 0 Å². The van der Waals surface area contributed by atoms with Gasteiger partial charge in [0.2, 0.25) is 11.9 Å². The van der Waals surface area contributed by atoms with Crippen molar-refractivity contribution in [3.8, 4) is 11.3 Å². The molecule has 0 saturated carbocycles. The van der Waals surface area contributed by atoms with Crippen LogP contribution in [0.15, 0.2) is 48.7 Å². The van der Waals surface area contributed by atoms with Gasteiger partial charge < -0.3 is 25.0 Å². The van der Waals surface area contributed by atoms with Gasteiger partial charge in [0.15, 0.2) is 0 Å². The van der Waals surface area contributed by atoms with Crippen LogP contribution in [0.4, 0.5) is 5.95 Å². The Morgan fingerprint density at radius 3 is 2.73 bits per heavy atom. The molecule has 2 N–H and O–H groups in total. The maximum absolute atomic E-state index is 13.4. The molecule has 1 saturated heterocycles. The quantitative estimate of drug-likeness (QED) is 0.475. The molecule has 3 aromatic rings. The Balaban J connectivity index is 1.16. The number of nitrogens with zero attached hydrogens (tertiary/aromatic N) is 4. The molecule has 10 heteroatoms. The van der Waals surface area contributed by atoms with E-state index in [1.165, 1.54) is 5.56 Å². The van der Waals surface area contributed by atoms with Crippen molar-refractivity contribution >= 4 is 29.4 Å². The second-order valence-corrected chi connectivity index (χ2v) is 11.0. The van der Waals surface area contributed by atoms with Crippen LogP contribution in [0.5, 0.6) is 0 Å². The number of amides is 2. The number of fused-ring (bicyclic) bond motifs is 2. The Labute approximate surface area is 238 Å². The lowest BCUT2D eigenvalue weighted by Crippen LogP contribution is -2.48. The molecular formula is C30H32ClN5O4. The van der Waals surface area contributed by atoms with Gasteiger partial charge in [0.1, 0.15) is 6.54 Å². The van der Waals surface area contributed by atoms with Crippen LogP contribution >= 0.6 is 11.6 Å². The van der Waals surface area contributed by atoms with E-state index in [1.807, 2.05) is 24.3 Å². The number of carbonyl (C=O) groups is 2. The van der Waals surface area contributed by atoms with E-state index in [0.717, 1.165) is 30.4 Å². The molecule has 1 aromatic heterocycles. The minimum Gasteiger partial charge on any atom is -0.394 e. The Morgan fingerprint density at radius 2 is 1.93 bits per heavy atom. The maximum Gasteiger partial charge on any atom is 0.254 e. The minimum absolute atomic E-state index is 0.0386. The van der Waals surface area contributed by atoms with Crippen molar-refractivity contribution in [3.05, 3.63) is 75.9 Å². The first-order valence-corrected chi connectivity index (χ1v) is 14.1. The molecule has 0 radical (unpaired) electrons. The van der Waals surface area contributed by atoms with Crippen molar-refractivity contribution in [2.45, 2.75) is 44.3 Å². The number of nitrogens with one attached hydrogen (secondary N) is 1. The summed E-state index contributed by atoms with van der Waals surface area (Å²) < 4.78 is 5.43. The summed E-state index contributed by atoms with van der Waals surface area (Å²) in [6.45, 7) is 2.11. The van der Waals surface area contributed by atoms with Crippen LogP contribution in [-0.2, 0) is 28.9 Å². The summed E-state index contributed by atoms with van der Waals surface area (Å²) in [5.74, 6) is 0.133. The van der Waals surface area contributed by atoms with E-state index in [4.69, 9.17) is 16.3 Å². The fourth-order valence-corrected chi connectivity index (χ4v) is 6.03. The van der Waals surface area contributed by atoms with Crippen LogP contribution < -0.4 is 5.32 Å². The summed E-state index contributed by atoms with van der Waals surface area (Å²) in [5, 5.41) is 13.8. The third-order valence-corrected chi connectivity index (χ3v) is 8.33. The highest BCUT2D eigenvalue weighted by molar-refractivity contribution is 6.33. The zero-order valence-corrected chi connectivity index (χ0v) is 22.9. The van der Waals surface area contributed by atoms with Crippen LogP contribution in [0.2, 0.25) is 5.02 Å². The zero-order valence-electron chi connectivity index (χ0n) is 22.2. The number of aliphatic hydroxyl groups excluding tert-OH is 1. The van der Waals surface area contributed by atoms with Gasteiger partial charge in [-0.3, -0.25) is 9.59 Å². The molecule has 0 bridgehead atoms. The van der Waals surface area contributed by atoms with Crippen molar-refractivity contribution in [1.29, 1.82) is 0 Å². The summed E-state index contributed by atoms with van der Waals surface area (Å²) in [5.41, 5.74) is 5.02. The average molecular weight is 562 g/mol. The third kappa shape index (κ3) is 5.41. The number of halogens is 1. The summed E-state index contributed by atoms with van der Waals surface area (Å²) in [6.07, 6.45) is 4.66. The van der Waals surface area contributed by atoms with Gasteiger partial charge in [-0.2, -0.15) is 0 Å². The molecule has 9 nitrogen and oxygen atoms in total. The topological polar surface area (TPSA) is 108 Å². The molecule has 208 valence electrons. The number of rotatable bonds is 6. The Hall–Kier alpha value is -3.53. The predicted molar refractivity (Wildman–Crippen MR) is 151 cm³/mol. The smallest absolute Gasteiger partial charge is 0.254 e. The van der Waals surface area contributed by atoms with Gasteiger partial charge in [-0.25, -0.2) is 9.97 Å². The number of aliphatic hydroxyl groups is 1. The fourth-order valence-electron chi connectivity index (χ4n) is 5.83. The van der Waals surface area contributed by atoms with Crippen LogP contribution in [0, 0.1) is 0 Å². The molecule has 40 heavy (non-hydrogen) atoms. The highest BCUT2D eigenvalue weighted by atomic mass is 35.5. The van der Waals surface area contributed by atoms with Gasteiger partial charge in [0.05, 0.1) is 29.6 Å². The first-order valence-electron chi connectivity index (χ1n) is 13.8. The summed E-state index contributed by atoms with van der Waals surface area (Å²) in [4.78, 5) is 39.2. The standard InChI is InChI=1S/C30H32ClN5O4/c31-26-15-32-30(33-23-8-11-40-12-9-23)34-28(26)21-5-6-22-16-35(29(39)25(22)14-21)17-27(38)36-10-7-19-3-1-2-4-20(19)13-24(36)18-37/h1-6,14-15,23-24,37H,7-13,16-18H2,(H,32,33,34). The Kier molecular flexibility index (Phi) is 7.69. The molecule has 2 aromatic carbocycles. The van der Waals surface area contributed by atoms with Crippen molar-refractivity contribution in [2.24, 2.45) is 0 Å². The number of anilines is 1. The van der Waals surface area contributed by atoms with E-state index in [1.54, 1.807) is 22.1 Å². The second-order valence-electron chi connectivity index (χ2n) is 10.6. The SMILES string of the molecule is O=C1c2cc(-c3nc(NC4CCOCC4)ncc3Cl)ccc2CN1CC(=O)N1CCc2ccccc2CC1CO. The summed E-state index contributed by atoms with van der Waals surface area (Å²) in [7, 11) is 0. The lowest BCUT2D eigenvalue weighted by atomic mass is 10.0. The van der Waals surface area contributed by atoms with Gasteiger partial charge in [-0.1, -0.05) is 48.0 Å². The molecule has 2 amide bonds.